The molecule has 2 nitrogen and oxygen atoms in total. The van der Waals surface area contributed by atoms with E-state index in [2.05, 4.69) is 72.6 Å². The summed E-state index contributed by atoms with van der Waals surface area (Å²) >= 11 is 0. The third-order valence-electron chi connectivity index (χ3n) is 4.08. The molecule has 2 aromatic carbocycles. The SMILES string of the molecule is CCCCc1ccc(/C=N/N=C/c2ccc(CCCC)cc2)cc1. The fourth-order valence-corrected chi connectivity index (χ4v) is 2.50. The monoisotopic (exact) mass is 320 g/mol. The maximum Gasteiger partial charge on any atom is 0.0568 e. The Morgan fingerprint density at radius 1 is 0.625 bits per heavy atom. The van der Waals surface area contributed by atoms with Gasteiger partial charge in [-0.05, 0) is 47.9 Å². The van der Waals surface area contributed by atoms with Crippen molar-refractivity contribution in [3.8, 4) is 0 Å². The molecule has 0 N–H and O–H groups in total. The topological polar surface area (TPSA) is 24.7 Å². The van der Waals surface area contributed by atoms with Gasteiger partial charge in [0.15, 0.2) is 0 Å². The molecule has 0 saturated heterocycles. The largest absolute Gasteiger partial charge is 0.159 e. The zero-order chi connectivity index (χ0) is 17.0. The number of benzene rings is 2. The minimum Gasteiger partial charge on any atom is -0.159 e. The van der Waals surface area contributed by atoms with Crippen molar-refractivity contribution in [2.75, 3.05) is 0 Å². The zero-order valence-electron chi connectivity index (χ0n) is 14.9. The lowest BCUT2D eigenvalue weighted by Crippen LogP contribution is -1.87. The smallest absolute Gasteiger partial charge is 0.0568 e. The zero-order valence-corrected chi connectivity index (χ0v) is 14.9. The minimum atomic E-state index is 1.09. The highest BCUT2D eigenvalue weighted by molar-refractivity contribution is 5.82. The number of hydrogen-bond donors (Lipinski definition) is 0. The molecule has 0 saturated carbocycles. The number of hydrogen-bond acceptors (Lipinski definition) is 2. The van der Waals surface area contributed by atoms with Crippen molar-refractivity contribution in [1.29, 1.82) is 0 Å². The molecule has 0 atom stereocenters. The van der Waals surface area contributed by atoms with Gasteiger partial charge in [-0.3, -0.25) is 0 Å². The maximum atomic E-state index is 4.15. The molecule has 0 aromatic heterocycles. The highest BCUT2D eigenvalue weighted by Crippen LogP contribution is 2.08. The predicted molar refractivity (Wildman–Crippen MR) is 105 cm³/mol. The van der Waals surface area contributed by atoms with Crippen LogP contribution in [-0.2, 0) is 12.8 Å². The van der Waals surface area contributed by atoms with Crippen LogP contribution >= 0.6 is 0 Å². The molecule has 0 heterocycles. The number of aryl methyl sites for hydroxylation is 2. The third-order valence-corrected chi connectivity index (χ3v) is 4.08. The molecular formula is C22H28N2. The molecule has 0 aliphatic carbocycles. The first-order valence-electron chi connectivity index (χ1n) is 9.06. The highest BCUT2D eigenvalue weighted by Gasteiger charge is 1.94. The Bertz CT molecular complexity index is 577. The molecule has 0 fully saturated rings. The summed E-state index contributed by atoms with van der Waals surface area (Å²) < 4.78 is 0. The average molecular weight is 320 g/mol. The van der Waals surface area contributed by atoms with Crippen LogP contribution in [0.2, 0.25) is 0 Å². The standard InChI is InChI=1S/C22H28N2/c1-3-5-7-19-9-13-21(14-10-19)17-23-24-18-22-15-11-20(12-16-22)8-6-4-2/h9-18H,3-8H2,1-2H3/b23-17+,24-18+. The molecule has 0 bridgehead atoms. The molecular weight excluding hydrogens is 292 g/mol. The van der Waals surface area contributed by atoms with E-state index in [9.17, 15) is 0 Å². The summed E-state index contributed by atoms with van der Waals surface area (Å²) in [4.78, 5) is 0. The molecule has 2 aromatic rings. The normalized spacial score (nSPS) is 11.6. The van der Waals surface area contributed by atoms with Crippen molar-refractivity contribution < 1.29 is 0 Å². The second kappa shape index (κ2) is 10.5. The fourth-order valence-electron chi connectivity index (χ4n) is 2.50. The van der Waals surface area contributed by atoms with E-state index in [0.717, 1.165) is 24.0 Å². The van der Waals surface area contributed by atoms with Gasteiger partial charge in [0.25, 0.3) is 0 Å². The van der Waals surface area contributed by atoms with Crippen LogP contribution in [0.5, 0.6) is 0 Å². The molecule has 0 radical (unpaired) electrons. The fraction of sp³-hybridized carbons (Fsp3) is 0.364. The Morgan fingerprint density at radius 2 is 1.00 bits per heavy atom. The van der Waals surface area contributed by atoms with Crippen LogP contribution < -0.4 is 0 Å². The predicted octanol–water partition coefficient (Wildman–Crippen LogP) is 5.82. The molecule has 2 rings (SSSR count). The molecule has 24 heavy (non-hydrogen) atoms. The van der Waals surface area contributed by atoms with E-state index in [-0.39, 0.29) is 0 Å². The molecule has 126 valence electrons. The van der Waals surface area contributed by atoms with Crippen LogP contribution in [0.4, 0.5) is 0 Å². The van der Waals surface area contributed by atoms with E-state index in [4.69, 9.17) is 0 Å². The lowest BCUT2D eigenvalue weighted by molar-refractivity contribution is 0.795. The Kier molecular flexibility index (Phi) is 7.96. The summed E-state index contributed by atoms with van der Waals surface area (Å²) in [5.74, 6) is 0. The van der Waals surface area contributed by atoms with Gasteiger partial charge < -0.3 is 0 Å². The van der Waals surface area contributed by atoms with E-state index in [1.165, 1.54) is 36.8 Å². The van der Waals surface area contributed by atoms with Gasteiger partial charge in [-0.1, -0.05) is 75.2 Å². The summed E-state index contributed by atoms with van der Waals surface area (Å²) in [5, 5.41) is 8.29. The molecule has 0 aliphatic heterocycles. The second-order valence-corrected chi connectivity index (χ2v) is 6.18. The van der Waals surface area contributed by atoms with Gasteiger partial charge in [0.1, 0.15) is 0 Å². The van der Waals surface area contributed by atoms with Crippen LogP contribution in [0, 0.1) is 0 Å². The highest BCUT2D eigenvalue weighted by atomic mass is 15.2. The van der Waals surface area contributed by atoms with Gasteiger partial charge in [0, 0.05) is 0 Å². The summed E-state index contributed by atoms with van der Waals surface area (Å²) in [5.41, 5.74) is 4.95. The summed E-state index contributed by atoms with van der Waals surface area (Å²) in [6.07, 6.45) is 10.9. The van der Waals surface area contributed by atoms with Gasteiger partial charge in [-0.2, -0.15) is 10.2 Å². The Morgan fingerprint density at radius 3 is 1.33 bits per heavy atom. The van der Waals surface area contributed by atoms with Crippen molar-refractivity contribution in [2.24, 2.45) is 10.2 Å². The molecule has 2 heteroatoms. The van der Waals surface area contributed by atoms with Gasteiger partial charge >= 0.3 is 0 Å². The minimum absolute atomic E-state index is 1.09. The van der Waals surface area contributed by atoms with Gasteiger partial charge in [-0.15, -0.1) is 0 Å². The van der Waals surface area contributed by atoms with Crippen LogP contribution in [0.1, 0.15) is 61.8 Å². The maximum absolute atomic E-state index is 4.15. The van der Waals surface area contributed by atoms with Gasteiger partial charge in [0.05, 0.1) is 12.4 Å². The van der Waals surface area contributed by atoms with E-state index >= 15 is 0 Å². The quantitative estimate of drug-likeness (QED) is 0.410. The first-order chi connectivity index (χ1) is 11.8. The summed E-state index contributed by atoms with van der Waals surface area (Å²) in [6.45, 7) is 4.44. The van der Waals surface area contributed by atoms with E-state index in [1.807, 2.05) is 0 Å². The molecule has 0 unspecified atom stereocenters. The molecule has 0 aliphatic rings. The van der Waals surface area contributed by atoms with E-state index in [0.29, 0.717) is 0 Å². The lowest BCUT2D eigenvalue weighted by Gasteiger charge is -2.00. The van der Waals surface area contributed by atoms with Crippen molar-refractivity contribution in [2.45, 2.75) is 52.4 Å². The average Bonchev–Trinajstić information content (AvgIpc) is 2.64. The third kappa shape index (κ3) is 6.49. The van der Waals surface area contributed by atoms with Crippen molar-refractivity contribution in [1.82, 2.24) is 0 Å². The van der Waals surface area contributed by atoms with Crippen LogP contribution in [0.25, 0.3) is 0 Å². The van der Waals surface area contributed by atoms with Crippen molar-refractivity contribution >= 4 is 12.4 Å². The molecule has 0 amide bonds. The lowest BCUT2D eigenvalue weighted by atomic mass is 10.1. The van der Waals surface area contributed by atoms with Crippen LogP contribution in [-0.4, -0.2) is 12.4 Å². The summed E-state index contributed by atoms with van der Waals surface area (Å²) in [6, 6.07) is 17.1. The Hall–Kier alpha value is -2.22. The van der Waals surface area contributed by atoms with Gasteiger partial charge in [-0.25, -0.2) is 0 Å². The van der Waals surface area contributed by atoms with Crippen molar-refractivity contribution in [3.05, 3.63) is 70.8 Å². The first-order valence-corrected chi connectivity index (χ1v) is 9.06. The van der Waals surface area contributed by atoms with E-state index in [1.54, 1.807) is 12.4 Å². The second-order valence-electron chi connectivity index (χ2n) is 6.18. The number of rotatable bonds is 9. The van der Waals surface area contributed by atoms with Crippen LogP contribution in [0.15, 0.2) is 58.7 Å². The Labute approximate surface area is 146 Å². The number of nitrogens with zero attached hydrogens (tertiary/aromatic N) is 2. The van der Waals surface area contributed by atoms with Gasteiger partial charge in [0.2, 0.25) is 0 Å². The number of unbranched alkanes of at least 4 members (excludes halogenated alkanes) is 2. The first kappa shape index (κ1) is 18.1. The molecule has 0 spiro atoms. The van der Waals surface area contributed by atoms with E-state index < -0.39 is 0 Å². The Balaban J connectivity index is 1.85. The van der Waals surface area contributed by atoms with Crippen LogP contribution in [0.3, 0.4) is 0 Å². The van der Waals surface area contributed by atoms with Crippen molar-refractivity contribution in [3.63, 3.8) is 0 Å². The summed E-state index contributed by atoms with van der Waals surface area (Å²) in [7, 11) is 0.